The molecule has 1 atom stereocenters. The molecule has 0 saturated carbocycles. The number of rotatable bonds is 9. The van der Waals surface area contributed by atoms with Gasteiger partial charge in [0.05, 0.1) is 13.2 Å². The van der Waals surface area contributed by atoms with Crippen LogP contribution in [0.25, 0.3) is 0 Å². The maximum absolute atomic E-state index is 8.85. The van der Waals surface area contributed by atoms with Crippen LogP contribution >= 0.6 is 0 Å². The van der Waals surface area contributed by atoms with Gasteiger partial charge in [-0.2, -0.15) is 0 Å². The zero-order valence-corrected chi connectivity index (χ0v) is 8.24. The fraction of sp³-hybridized carbons (Fsp3) is 1.00. The van der Waals surface area contributed by atoms with E-state index in [1.54, 1.807) is 0 Å². The van der Waals surface area contributed by atoms with E-state index in [0.717, 1.165) is 12.8 Å². The number of hydrogen-bond donors (Lipinski definition) is 2. The highest BCUT2D eigenvalue weighted by molar-refractivity contribution is 4.53. The van der Waals surface area contributed by atoms with Gasteiger partial charge < -0.3 is 19.7 Å². The monoisotopic (exact) mass is 192 g/mol. The third-order valence-corrected chi connectivity index (χ3v) is 1.62. The Kier molecular flexibility index (Phi) is 9.80. The fourth-order valence-corrected chi connectivity index (χ4v) is 0.867. The van der Waals surface area contributed by atoms with Gasteiger partial charge in [-0.1, -0.05) is 0 Å². The Balaban J connectivity index is 3.25. The SMILES string of the molecule is CCOCC(CO)OCCCCO. The number of aliphatic hydroxyl groups is 2. The van der Waals surface area contributed by atoms with Gasteiger partial charge in [-0.15, -0.1) is 0 Å². The average Bonchev–Trinajstić information content (AvgIpc) is 2.17. The second-order valence-electron chi connectivity index (χ2n) is 2.77. The zero-order chi connectivity index (χ0) is 9.94. The first-order valence-electron chi connectivity index (χ1n) is 4.76. The van der Waals surface area contributed by atoms with Gasteiger partial charge in [-0.25, -0.2) is 0 Å². The van der Waals surface area contributed by atoms with E-state index in [4.69, 9.17) is 19.7 Å². The quantitative estimate of drug-likeness (QED) is 0.511. The van der Waals surface area contributed by atoms with Crippen LogP contribution in [0.3, 0.4) is 0 Å². The summed E-state index contributed by atoms with van der Waals surface area (Å²) in [7, 11) is 0. The van der Waals surface area contributed by atoms with Crippen LogP contribution < -0.4 is 0 Å². The minimum Gasteiger partial charge on any atom is -0.396 e. The van der Waals surface area contributed by atoms with Crippen LogP contribution in [0.1, 0.15) is 19.8 Å². The molecule has 0 amide bonds. The van der Waals surface area contributed by atoms with Crippen molar-refractivity contribution in [3.8, 4) is 0 Å². The maximum atomic E-state index is 8.85. The largest absolute Gasteiger partial charge is 0.396 e. The molecule has 13 heavy (non-hydrogen) atoms. The van der Waals surface area contributed by atoms with Gasteiger partial charge in [0, 0.05) is 19.8 Å². The lowest BCUT2D eigenvalue weighted by Crippen LogP contribution is -2.24. The number of unbranched alkanes of at least 4 members (excludes halogenated alkanes) is 1. The lowest BCUT2D eigenvalue weighted by Gasteiger charge is -2.14. The molecule has 0 heterocycles. The number of ether oxygens (including phenoxy) is 2. The highest BCUT2D eigenvalue weighted by Crippen LogP contribution is 1.96. The minimum absolute atomic E-state index is 0.0148. The normalized spacial score (nSPS) is 13.2. The molecular weight excluding hydrogens is 172 g/mol. The summed E-state index contributed by atoms with van der Waals surface area (Å²) >= 11 is 0. The lowest BCUT2D eigenvalue weighted by atomic mass is 10.3. The molecule has 0 spiro atoms. The molecule has 2 N–H and O–H groups in total. The van der Waals surface area contributed by atoms with Gasteiger partial charge in [0.15, 0.2) is 0 Å². The van der Waals surface area contributed by atoms with Crippen molar-refractivity contribution in [1.82, 2.24) is 0 Å². The first-order chi connectivity index (χ1) is 6.35. The maximum Gasteiger partial charge on any atom is 0.104 e. The molecule has 0 aromatic rings. The summed E-state index contributed by atoms with van der Waals surface area (Å²) in [5.74, 6) is 0. The molecule has 4 nitrogen and oxygen atoms in total. The van der Waals surface area contributed by atoms with Crippen LogP contribution in [-0.4, -0.2) is 49.4 Å². The van der Waals surface area contributed by atoms with E-state index in [2.05, 4.69) is 0 Å². The number of hydrogen-bond acceptors (Lipinski definition) is 4. The van der Waals surface area contributed by atoms with Crippen molar-refractivity contribution in [1.29, 1.82) is 0 Å². The van der Waals surface area contributed by atoms with Crippen LogP contribution in [0.15, 0.2) is 0 Å². The summed E-state index contributed by atoms with van der Waals surface area (Å²) in [6.07, 6.45) is 1.34. The standard InChI is InChI=1S/C9H20O4/c1-2-12-8-9(7-11)13-6-4-3-5-10/h9-11H,2-8H2,1H3. The molecule has 0 aliphatic rings. The van der Waals surface area contributed by atoms with E-state index in [-0.39, 0.29) is 19.3 Å². The van der Waals surface area contributed by atoms with Gasteiger partial charge in [-0.3, -0.25) is 0 Å². The topological polar surface area (TPSA) is 58.9 Å². The molecule has 0 aromatic heterocycles. The average molecular weight is 192 g/mol. The van der Waals surface area contributed by atoms with Crippen LogP contribution in [-0.2, 0) is 9.47 Å². The Morgan fingerprint density at radius 1 is 1.23 bits per heavy atom. The second-order valence-corrected chi connectivity index (χ2v) is 2.77. The molecule has 0 saturated heterocycles. The summed E-state index contributed by atoms with van der Waals surface area (Å²) in [5.41, 5.74) is 0. The molecule has 0 aliphatic carbocycles. The lowest BCUT2D eigenvalue weighted by molar-refractivity contribution is -0.0414. The van der Waals surface area contributed by atoms with Gasteiger partial charge >= 0.3 is 0 Å². The van der Waals surface area contributed by atoms with Crippen LogP contribution in [0, 0.1) is 0 Å². The summed E-state index contributed by atoms with van der Waals surface area (Å²) in [5, 5.41) is 17.4. The Hall–Kier alpha value is -0.160. The van der Waals surface area contributed by atoms with Crippen molar-refractivity contribution < 1.29 is 19.7 Å². The van der Waals surface area contributed by atoms with Crippen LogP contribution in [0.5, 0.6) is 0 Å². The van der Waals surface area contributed by atoms with Crippen molar-refractivity contribution in [3.63, 3.8) is 0 Å². The van der Waals surface area contributed by atoms with Gasteiger partial charge in [0.2, 0.25) is 0 Å². The summed E-state index contributed by atoms with van der Waals surface area (Å²) < 4.78 is 10.4. The fourth-order valence-electron chi connectivity index (χ4n) is 0.867. The molecule has 0 fully saturated rings. The molecule has 0 radical (unpaired) electrons. The Morgan fingerprint density at radius 2 is 2.00 bits per heavy atom. The van der Waals surface area contributed by atoms with Crippen molar-refractivity contribution in [2.24, 2.45) is 0 Å². The van der Waals surface area contributed by atoms with E-state index in [0.29, 0.717) is 19.8 Å². The molecular formula is C9H20O4. The van der Waals surface area contributed by atoms with Crippen molar-refractivity contribution >= 4 is 0 Å². The first kappa shape index (κ1) is 12.8. The Labute approximate surface area is 79.5 Å². The molecule has 0 rings (SSSR count). The summed E-state index contributed by atoms with van der Waals surface area (Å²) in [6, 6.07) is 0. The number of aliphatic hydroxyl groups excluding tert-OH is 2. The second kappa shape index (κ2) is 9.92. The van der Waals surface area contributed by atoms with Crippen molar-refractivity contribution in [2.45, 2.75) is 25.9 Å². The molecule has 0 aliphatic heterocycles. The summed E-state index contributed by atoms with van der Waals surface area (Å²) in [6.45, 7) is 3.72. The predicted octanol–water partition coefficient (Wildman–Crippen LogP) is 0.173. The van der Waals surface area contributed by atoms with Crippen LogP contribution in [0.2, 0.25) is 0 Å². The first-order valence-corrected chi connectivity index (χ1v) is 4.76. The van der Waals surface area contributed by atoms with Crippen molar-refractivity contribution in [2.75, 3.05) is 33.0 Å². The van der Waals surface area contributed by atoms with Crippen LogP contribution in [0.4, 0.5) is 0 Å². The Morgan fingerprint density at radius 3 is 2.54 bits per heavy atom. The van der Waals surface area contributed by atoms with Gasteiger partial charge in [0.1, 0.15) is 6.10 Å². The summed E-state index contributed by atoms with van der Waals surface area (Å²) in [4.78, 5) is 0. The molecule has 0 bridgehead atoms. The third-order valence-electron chi connectivity index (χ3n) is 1.62. The molecule has 0 aromatic carbocycles. The van der Waals surface area contributed by atoms with E-state index < -0.39 is 0 Å². The highest BCUT2D eigenvalue weighted by atomic mass is 16.5. The third kappa shape index (κ3) is 8.18. The van der Waals surface area contributed by atoms with Gasteiger partial charge in [-0.05, 0) is 19.8 Å². The van der Waals surface area contributed by atoms with E-state index >= 15 is 0 Å². The van der Waals surface area contributed by atoms with E-state index in [1.165, 1.54) is 0 Å². The zero-order valence-electron chi connectivity index (χ0n) is 8.24. The van der Waals surface area contributed by atoms with E-state index in [9.17, 15) is 0 Å². The molecule has 1 unspecified atom stereocenters. The molecule has 80 valence electrons. The minimum atomic E-state index is -0.223. The van der Waals surface area contributed by atoms with E-state index in [1.807, 2.05) is 6.92 Å². The predicted molar refractivity (Wildman–Crippen MR) is 49.6 cm³/mol. The molecule has 4 heteroatoms. The van der Waals surface area contributed by atoms with Gasteiger partial charge in [0.25, 0.3) is 0 Å². The highest BCUT2D eigenvalue weighted by Gasteiger charge is 2.06. The van der Waals surface area contributed by atoms with Crippen molar-refractivity contribution in [3.05, 3.63) is 0 Å². The smallest absolute Gasteiger partial charge is 0.104 e. The Bertz CT molecular complexity index is 97.6.